The van der Waals surface area contributed by atoms with Gasteiger partial charge in [0.1, 0.15) is 5.82 Å². The van der Waals surface area contributed by atoms with Crippen molar-refractivity contribution >= 4 is 22.8 Å². The van der Waals surface area contributed by atoms with Crippen molar-refractivity contribution in [3.8, 4) is 0 Å². The van der Waals surface area contributed by atoms with E-state index in [1.807, 2.05) is 19.1 Å². The van der Waals surface area contributed by atoms with Crippen LogP contribution in [-0.4, -0.2) is 4.98 Å². The monoisotopic (exact) mass is 233 g/mol. The Labute approximate surface area is 99.3 Å². The van der Waals surface area contributed by atoms with Crippen molar-refractivity contribution in [2.45, 2.75) is 19.9 Å². The summed E-state index contributed by atoms with van der Waals surface area (Å²) in [6, 6.07) is 8.24. The summed E-state index contributed by atoms with van der Waals surface area (Å²) in [5, 5.41) is 5.43. The third-order valence-electron chi connectivity index (χ3n) is 2.46. The third kappa shape index (κ3) is 2.33. The largest absolute Gasteiger partial charge is 0.397 e. The van der Waals surface area contributed by atoms with Gasteiger partial charge in [0.25, 0.3) is 0 Å². The SMILES string of the molecule is Cc1nc(NC(C)c2cccs2)ccc1N. The van der Waals surface area contributed by atoms with Crippen LogP contribution in [0.5, 0.6) is 0 Å². The van der Waals surface area contributed by atoms with Gasteiger partial charge in [-0.25, -0.2) is 4.98 Å². The molecule has 0 saturated heterocycles. The van der Waals surface area contributed by atoms with Crippen molar-refractivity contribution in [1.29, 1.82) is 0 Å². The lowest BCUT2D eigenvalue weighted by Gasteiger charge is -2.13. The summed E-state index contributed by atoms with van der Waals surface area (Å²) in [7, 11) is 0. The highest BCUT2D eigenvalue weighted by Gasteiger charge is 2.07. The normalized spacial score (nSPS) is 12.4. The van der Waals surface area contributed by atoms with E-state index >= 15 is 0 Å². The smallest absolute Gasteiger partial charge is 0.126 e. The molecule has 1 atom stereocenters. The average Bonchev–Trinajstić information content (AvgIpc) is 2.77. The van der Waals surface area contributed by atoms with E-state index < -0.39 is 0 Å². The molecule has 0 aliphatic carbocycles. The zero-order valence-corrected chi connectivity index (χ0v) is 10.2. The molecule has 0 aromatic carbocycles. The van der Waals surface area contributed by atoms with Gasteiger partial charge in [0.15, 0.2) is 0 Å². The predicted molar refractivity (Wildman–Crippen MR) is 69.7 cm³/mol. The number of thiophene rings is 1. The van der Waals surface area contributed by atoms with Gasteiger partial charge in [-0.2, -0.15) is 0 Å². The van der Waals surface area contributed by atoms with Crippen LogP contribution in [0.4, 0.5) is 11.5 Å². The van der Waals surface area contributed by atoms with E-state index in [1.165, 1.54) is 4.88 Å². The van der Waals surface area contributed by atoms with Crippen LogP contribution in [0, 0.1) is 6.92 Å². The first-order chi connectivity index (χ1) is 7.66. The predicted octanol–water partition coefficient (Wildman–Crippen LogP) is 3.21. The Morgan fingerprint density at radius 3 is 2.81 bits per heavy atom. The number of nitrogens with one attached hydrogen (secondary N) is 1. The molecule has 1 unspecified atom stereocenters. The topological polar surface area (TPSA) is 50.9 Å². The number of hydrogen-bond donors (Lipinski definition) is 2. The van der Waals surface area contributed by atoms with Crippen LogP contribution in [0.3, 0.4) is 0 Å². The van der Waals surface area contributed by atoms with Crippen LogP contribution in [0.2, 0.25) is 0 Å². The molecular formula is C12H15N3S. The summed E-state index contributed by atoms with van der Waals surface area (Å²) in [6.07, 6.45) is 0. The fourth-order valence-electron chi connectivity index (χ4n) is 1.48. The van der Waals surface area contributed by atoms with Crippen molar-refractivity contribution in [1.82, 2.24) is 4.98 Å². The first-order valence-electron chi connectivity index (χ1n) is 5.20. The second-order valence-corrected chi connectivity index (χ2v) is 4.73. The number of nitrogens with zero attached hydrogens (tertiary/aromatic N) is 1. The molecule has 3 N–H and O–H groups in total. The molecule has 0 aliphatic rings. The lowest BCUT2D eigenvalue weighted by atomic mass is 10.2. The zero-order chi connectivity index (χ0) is 11.5. The van der Waals surface area contributed by atoms with Gasteiger partial charge in [-0.3, -0.25) is 0 Å². The van der Waals surface area contributed by atoms with E-state index in [9.17, 15) is 0 Å². The van der Waals surface area contributed by atoms with Crippen LogP contribution >= 0.6 is 11.3 Å². The molecule has 0 saturated carbocycles. The molecule has 2 aromatic rings. The maximum Gasteiger partial charge on any atom is 0.126 e. The number of anilines is 2. The number of nitrogen functional groups attached to an aromatic ring is 1. The average molecular weight is 233 g/mol. The molecule has 0 aliphatic heterocycles. The van der Waals surface area contributed by atoms with E-state index in [-0.39, 0.29) is 6.04 Å². The Bertz CT molecular complexity index is 465. The maximum absolute atomic E-state index is 5.73. The van der Waals surface area contributed by atoms with Crippen LogP contribution in [0.15, 0.2) is 29.6 Å². The van der Waals surface area contributed by atoms with Gasteiger partial charge in [-0.05, 0) is 37.4 Å². The Morgan fingerprint density at radius 1 is 1.38 bits per heavy atom. The molecule has 84 valence electrons. The van der Waals surface area contributed by atoms with Crippen molar-refractivity contribution in [3.05, 3.63) is 40.2 Å². The Morgan fingerprint density at radius 2 is 2.19 bits per heavy atom. The second-order valence-electron chi connectivity index (χ2n) is 3.75. The molecule has 0 bridgehead atoms. The van der Waals surface area contributed by atoms with Gasteiger partial charge >= 0.3 is 0 Å². The molecule has 16 heavy (non-hydrogen) atoms. The van der Waals surface area contributed by atoms with Gasteiger partial charge in [-0.1, -0.05) is 6.07 Å². The lowest BCUT2D eigenvalue weighted by molar-refractivity contribution is 0.894. The van der Waals surface area contributed by atoms with Gasteiger partial charge in [0.05, 0.1) is 17.4 Å². The minimum absolute atomic E-state index is 0.274. The van der Waals surface area contributed by atoms with Crippen molar-refractivity contribution in [3.63, 3.8) is 0 Å². The standard InChI is InChI=1S/C12H15N3S/c1-8-10(13)5-6-12(14-8)15-9(2)11-4-3-7-16-11/h3-7,9H,13H2,1-2H3,(H,14,15). The van der Waals surface area contributed by atoms with Gasteiger partial charge < -0.3 is 11.1 Å². The Kier molecular flexibility index (Phi) is 3.10. The molecule has 2 heterocycles. The molecule has 0 spiro atoms. The molecule has 2 rings (SSSR count). The van der Waals surface area contributed by atoms with E-state index in [1.54, 1.807) is 11.3 Å². The lowest BCUT2D eigenvalue weighted by Crippen LogP contribution is -2.07. The van der Waals surface area contributed by atoms with Gasteiger partial charge in [0.2, 0.25) is 0 Å². The van der Waals surface area contributed by atoms with Crippen LogP contribution in [-0.2, 0) is 0 Å². The quantitative estimate of drug-likeness (QED) is 0.856. The third-order valence-corrected chi connectivity index (χ3v) is 3.52. The van der Waals surface area contributed by atoms with Crippen LogP contribution in [0.1, 0.15) is 23.5 Å². The van der Waals surface area contributed by atoms with E-state index in [2.05, 4.69) is 34.7 Å². The highest BCUT2D eigenvalue weighted by atomic mass is 32.1. The Hall–Kier alpha value is -1.55. The van der Waals surface area contributed by atoms with E-state index in [4.69, 9.17) is 5.73 Å². The zero-order valence-electron chi connectivity index (χ0n) is 9.40. The molecule has 2 aromatic heterocycles. The van der Waals surface area contributed by atoms with Crippen molar-refractivity contribution < 1.29 is 0 Å². The summed E-state index contributed by atoms with van der Waals surface area (Å²) in [6.45, 7) is 4.04. The highest BCUT2D eigenvalue weighted by Crippen LogP contribution is 2.22. The van der Waals surface area contributed by atoms with Crippen LogP contribution < -0.4 is 11.1 Å². The molecule has 3 nitrogen and oxygen atoms in total. The number of nitrogens with two attached hydrogens (primary N) is 1. The number of aromatic nitrogens is 1. The molecule has 0 radical (unpaired) electrons. The minimum Gasteiger partial charge on any atom is -0.397 e. The highest BCUT2D eigenvalue weighted by molar-refractivity contribution is 7.10. The fourth-order valence-corrected chi connectivity index (χ4v) is 2.22. The summed E-state index contributed by atoms with van der Waals surface area (Å²) in [5.74, 6) is 0.868. The fraction of sp³-hybridized carbons (Fsp3) is 0.250. The summed E-state index contributed by atoms with van der Waals surface area (Å²) < 4.78 is 0. The number of hydrogen-bond acceptors (Lipinski definition) is 4. The first kappa shape index (κ1) is 11.0. The molecule has 0 fully saturated rings. The Balaban J connectivity index is 2.12. The maximum atomic E-state index is 5.73. The van der Waals surface area contributed by atoms with E-state index in [0.717, 1.165) is 17.2 Å². The molecule has 0 amide bonds. The summed E-state index contributed by atoms with van der Waals surface area (Å²) in [5.41, 5.74) is 7.32. The number of rotatable bonds is 3. The second kappa shape index (κ2) is 4.53. The van der Waals surface area contributed by atoms with Crippen LogP contribution in [0.25, 0.3) is 0 Å². The number of pyridine rings is 1. The minimum atomic E-state index is 0.274. The van der Waals surface area contributed by atoms with Crippen molar-refractivity contribution in [2.24, 2.45) is 0 Å². The van der Waals surface area contributed by atoms with Crippen molar-refractivity contribution in [2.75, 3.05) is 11.1 Å². The number of aryl methyl sites for hydroxylation is 1. The summed E-state index contributed by atoms with van der Waals surface area (Å²) in [4.78, 5) is 5.69. The summed E-state index contributed by atoms with van der Waals surface area (Å²) >= 11 is 1.74. The first-order valence-corrected chi connectivity index (χ1v) is 6.08. The van der Waals surface area contributed by atoms with Gasteiger partial charge in [-0.15, -0.1) is 11.3 Å². The van der Waals surface area contributed by atoms with Gasteiger partial charge in [0, 0.05) is 4.88 Å². The molecular weight excluding hydrogens is 218 g/mol. The van der Waals surface area contributed by atoms with E-state index in [0.29, 0.717) is 0 Å². The molecule has 4 heteroatoms.